The second kappa shape index (κ2) is 7.01. The Morgan fingerprint density at radius 3 is 3.05 bits per heavy atom. The van der Waals surface area contributed by atoms with Crippen LogP contribution in [0.5, 0.6) is 0 Å². The van der Waals surface area contributed by atoms with Crippen LogP contribution in [-0.4, -0.2) is 25.7 Å². The highest BCUT2D eigenvalue weighted by Crippen LogP contribution is 2.16. The number of ether oxygens (including phenoxy) is 1. The number of benzene rings is 1. The molecule has 1 amide bonds. The summed E-state index contributed by atoms with van der Waals surface area (Å²) in [7, 11) is 0. The Morgan fingerprint density at radius 2 is 2.37 bits per heavy atom. The Hall–Kier alpha value is -0.940. The molecule has 5 heteroatoms. The maximum Gasteiger partial charge on any atom is 0.225 e. The molecule has 0 unspecified atom stereocenters. The Labute approximate surface area is 120 Å². The van der Waals surface area contributed by atoms with Crippen LogP contribution in [0.15, 0.2) is 22.7 Å². The van der Waals surface area contributed by atoms with Gasteiger partial charge in [-0.2, -0.15) is 0 Å². The summed E-state index contributed by atoms with van der Waals surface area (Å²) in [4.78, 5) is 11.7. The van der Waals surface area contributed by atoms with E-state index in [1.165, 1.54) is 6.07 Å². The normalized spacial score (nSPS) is 18.5. The van der Waals surface area contributed by atoms with Crippen LogP contribution in [0.25, 0.3) is 0 Å². The van der Waals surface area contributed by atoms with Gasteiger partial charge in [-0.1, -0.05) is 22.0 Å². The summed E-state index contributed by atoms with van der Waals surface area (Å²) in [5.41, 5.74) is 0.682. The van der Waals surface area contributed by atoms with Crippen LogP contribution in [0.4, 0.5) is 4.39 Å². The molecule has 1 fully saturated rings. The molecule has 0 spiro atoms. The van der Waals surface area contributed by atoms with Gasteiger partial charge in [0.2, 0.25) is 5.91 Å². The minimum absolute atomic E-state index is 0.00980. The molecule has 0 radical (unpaired) electrons. The topological polar surface area (TPSA) is 38.3 Å². The molecular formula is C14H17BrFNO2. The Balaban J connectivity index is 1.70. The number of hydrogen-bond donors (Lipinski definition) is 1. The zero-order valence-electron chi connectivity index (χ0n) is 10.6. The maximum atomic E-state index is 13.5. The Kier molecular flexibility index (Phi) is 5.34. The SMILES string of the molecule is O=C(NCCCc1ccc(Br)cc1F)[C@@H]1CCOC1. The molecule has 1 N–H and O–H groups in total. The monoisotopic (exact) mass is 329 g/mol. The van der Waals surface area contributed by atoms with Crippen LogP contribution < -0.4 is 5.32 Å². The predicted molar refractivity (Wildman–Crippen MR) is 74.4 cm³/mol. The lowest BCUT2D eigenvalue weighted by Gasteiger charge is -2.09. The molecule has 0 bridgehead atoms. The first-order chi connectivity index (χ1) is 9.16. The number of halogens is 2. The van der Waals surface area contributed by atoms with Gasteiger partial charge in [0.05, 0.1) is 12.5 Å². The van der Waals surface area contributed by atoms with Crippen molar-refractivity contribution in [3.05, 3.63) is 34.1 Å². The lowest BCUT2D eigenvalue weighted by Crippen LogP contribution is -2.31. The molecule has 1 aromatic rings. The van der Waals surface area contributed by atoms with Crippen molar-refractivity contribution >= 4 is 21.8 Å². The first-order valence-electron chi connectivity index (χ1n) is 6.46. The molecule has 0 saturated carbocycles. The van der Waals surface area contributed by atoms with Crippen LogP contribution in [0, 0.1) is 11.7 Å². The first kappa shape index (κ1) is 14.5. The number of carbonyl (C=O) groups is 1. The van der Waals surface area contributed by atoms with Gasteiger partial charge in [0.15, 0.2) is 0 Å². The summed E-state index contributed by atoms with van der Waals surface area (Å²) in [6.45, 7) is 1.76. The minimum Gasteiger partial charge on any atom is -0.381 e. The van der Waals surface area contributed by atoms with E-state index in [0.717, 1.165) is 17.3 Å². The van der Waals surface area contributed by atoms with Crippen LogP contribution in [-0.2, 0) is 16.0 Å². The molecule has 1 atom stereocenters. The summed E-state index contributed by atoms with van der Waals surface area (Å²) < 4.78 is 19.5. The number of rotatable bonds is 5. The number of carbonyl (C=O) groups excluding carboxylic acids is 1. The number of hydrogen-bond acceptors (Lipinski definition) is 2. The molecule has 1 aliphatic heterocycles. The molecule has 2 rings (SSSR count). The summed E-state index contributed by atoms with van der Waals surface area (Å²) in [6, 6.07) is 5.06. The summed E-state index contributed by atoms with van der Waals surface area (Å²) in [6.07, 6.45) is 2.16. The highest BCUT2D eigenvalue weighted by Gasteiger charge is 2.22. The molecule has 3 nitrogen and oxygen atoms in total. The third kappa shape index (κ3) is 4.28. The number of aryl methyl sites for hydroxylation is 1. The van der Waals surface area contributed by atoms with Crippen molar-refractivity contribution in [3.63, 3.8) is 0 Å². The van der Waals surface area contributed by atoms with Crippen LogP contribution >= 0.6 is 15.9 Å². The zero-order valence-corrected chi connectivity index (χ0v) is 12.2. The minimum atomic E-state index is -0.204. The van der Waals surface area contributed by atoms with E-state index in [0.29, 0.717) is 31.7 Å². The number of amides is 1. The van der Waals surface area contributed by atoms with Gasteiger partial charge in [0, 0.05) is 17.6 Å². The Bertz CT molecular complexity index is 447. The average Bonchev–Trinajstić information content (AvgIpc) is 2.90. The zero-order chi connectivity index (χ0) is 13.7. The Morgan fingerprint density at radius 1 is 1.53 bits per heavy atom. The highest BCUT2D eigenvalue weighted by atomic mass is 79.9. The van der Waals surface area contributed by atoms with Crippen molar-refractivity contribution in [2.75, 3.05) is 19.8 Å². The quantitative estimate of drug-likeness (QED) is 0.843. The van der Waals surface area contributed by atoms with E-state index >= 15 is 0 Å². The standard InChI is InChI=1S/C14H17BrFNO2/c15-12-4-3-10(13(16)8-12)2-1-6-17-14(18)11-5-7-19-9-11/h3-4,8,11H,1-2,5-7,9H2,(H,17,18)/t11-/m1/s1. The molecule has 1 heterocycles. The van der Waals surface area contributed by atoms with Gasteiger partial charge in [-0.05, 0) is 37.0 Å². The van der Waals surface area contributed by atoms with Gasteiger partial charge in [-0.3, -0.25) is 4.79 Å². The van der Waals surface area contributed by atoms with Crippen molar-refractivity contribution in [2.45, 2.75) is 19.3 Å². The van der Waals surface area contributed by atoms with Crippen LogP contribution in [0.2, 0.25) is 0 Å². The van der Waals surface area contributed by atoms with Crippen LogP contribution in [0.1, 0.15) is 18.4 Å². The second-order valence-electron chi connectivity index (χ2n) is 4.69. The molecule has 0 aromatic heterocycles. The van der Waals surface area contributed by atoms with Gasteiger partial charge in [0.1, 0.15) is 5.82 Å². The fourth-order valence-electron chi connectivity index (χ4n) is 2.10. The van der Waals surface area contributed by atoms with E-state index in [2.05, 4.69) is 21.2 Å². The maximum absolute atomic E-state index is 13.5. The second-order valence-corrected chi connectivity index (χ2v) is 5.61. The number of nitrogens with one attached hydrogen (secondary N) is 1. The smallest absolute Gasteiger partial charge is 0.225 e. The van der Waals surface area contributed by atoms with Crippen molar-refractivity contribution in [1.29, 1.82) is 0 Å². The highest BCUT2D eigenvalue weighted by molar-refractivity contribution is 9.10. The molecule has 1 aliphatic rings. The molecule has 1 saturated heterocycles. The van der Waals surface area contributed by atoms with E-state index in [1.54, 1.807) is 6.07 Å². The van der Waals surface area contributed by atoms with Crippen LogP contribution in [0.3, 0.4) is 0 Å². The van der Waals surface area contributed by atoms with E-state index in [-0.39, 0.29) is 17.6 Å². The van der Waals surface area contributed by atoms with Crippen molar-refractivity contribution in [1.82, 2.24) is 5.32 Å². The summed E-state index contributed by atoms with van der Waals surface area (Å²) >= 11 is 3.23. The van der Waals surface area contributed by atoms with E-state index in [1.807, 2.05) is 6.07 Å². The molecular weight excluding hydrogens is 313 g/mol. The molecule has 1 aromatic carbocycles. The van der Waals surface area contributed by atoms with E-state index in [9.17, 15) is 9.18 Å². The fourth-order valence-corrected chi connectivity index (χ4v) is 2.43. The molecule has 0 aliphatic carbocycles. The van der Waals surface area contributed by atoms with E-state index in [4.69, 9.17) is 4.74 Å². The fraction of sp³-hybridized carbons (Fsp3) is 0.500. The average molecular weight is 330 g/mol. The van der Waals surface area contributed by atoms with Crippen molar-refractivity contribution in [2.24, 2.45) is 5.92 Å². The molecule has 19 heavy (non-hydrogen) atoms. The van der Waals surface area contributed by atoms with E-state index < -0.39 is 0 Å². The lowest BCUT2D eigenvalue weighted by atomic mass is 10.1. The van der Waals surface area contributed by atoms with Gasteiger partial charge in [-0.15, -0.1) is 0 Å². The van der Waals surface area contributed by atoms with Crippen molar-refractivity contribution in [3.8, 4) is 0 Å². The third-order valence-corrected chi connectivity index (χ3v) is 3.73. The first-order valence-corrected chi connectivity index (χ1v) is 7.25. The van der Waals surface area contributed by atoms with Crippen molar-refractivity contribution < 1.29 is 13.9 Å². The molecule has 104 valence electrons. The third-order valence-electron chi connectivity index (χ3n) is 3.24. The largest absolute Gasteiger partial charge is 0.381 e. The van der Waals surface area contributed by atoms with Gasteiger partial charge in [-0.25, -0.2) is 4.39 Å². The predicted octanol–water partition coefficient (Wildman–Crippen LogP) is 2.67. The van der Waals surface area contributed by atoms with Gasteiger partial charge < -0.3 is 10.1 Å². The summed E-state index contributed by atoms with van der Waals surface area (Å²) in [5, 5.41) is 2.88. The lowest BCUT2D eigenvalue weighted by molar-refractivity contribution is -0.124. The van der Waals surface area contributed by atoms with Gasteiger partial charge in [0.25, 0.3) is 0 Å². The summed E-state index contributed by atoms with van der Waals surface area (Å²) in [5.74, 6) is -0.164. The van der Waals surface area contributed by atoms with Gasteiger partial charge >= 0.3 is 0 Å².